The van der Waals surface area contributed by atoms with E-state index in [0.717, 1.165) is 16.4 Å². The first kappa shape index (κ1) is 18.7. The summed E-state index contributed by atoms with van der Waals surface area (Å²) in [7, 11) is 0. The maximum absolute atomic E-state index is 13.3. The molecule has 1 aliphatic heterocycles. The highest BCUT2D eigenvalue weighted by atomic mass is 35.5. The minimum atomic E-state index is -0.372. The van der Waals surface area contributed by atoms with Crippen molar-refractivity contribution in [1.82, 2.24) is 9.88 Å². The van der Waals surface area contributed by atoms with Crippen LogP contribution in [0.3, 0.4) is 0 Å². The van der Waals surface area contributed by atoms with Crippen molar-refractivity contribution in [3.8, 4) is 11.3 Å². The molecule has 3 aromatic rings. The SMILES string of the molecule is O=C(Nc1cccc(F)c1)N1CCN(c2nc(-c3ccc(Cl)cc3)cs2)CC1. The van der Waals surface area contributed by atoms with Crippen LogP contribution in [0.15, 0.2) is 53.9 Å². The van der Waals surface area contributed by atoms with Crippen LogP contribution in [0, 0.1) is 5.82 Å². The van der Waals surface area contributed by atoms with Gasteiger partial charge in [-0.25, -0.2) is 14.2 Å². The molecule has 1 aliphatic rings. The van der Waals surface area contributed by atoms with Crippen molar-refractivity contribution in [1.29, 1.82) is 0 Å². The van der Waals surface area contributed by atoms with Gasteiger partial charge in [-0.2, -0.15) is 0 Å². The molecule has 1 fully saturated rings. The van der Waals surface area contributed by atoms with E-state index in [1.54, 1.807) is 28.4 Å². The number of nitrogens with zero attached hydrogens (tertiary/aromatic N) is 3. The molecular formula is C20H18ClFN4OS. The van der Waals surface area contributed by atoms with Gasteiger partial charge in [0, 0.05) is 47.8 Å². The Morgan fingerprint density at radius 1 is 1.11 bits per heavy atom. The average molecular weight is 417 g/mol. The van der Waals surface area contributed by atoms with Gasteiger partial charge >= 0.3 is 6.03 Å². The first-order valence-electron chi connectivity index (χ1n) is 8.86. The molecule has 2 aromatic carbocycles. The summed E-state index contributed by atoms with van der Waals surface area (Å²) < 4.78 is 13.3. The maximum atomic E-state index is 13.3. The summed E-state index contributed by atoms with van der Waals surface area (Å²) in [5.74, 6) is -0.372. The summed E-state index contributed by atoms with van der Waals surface area (Å²) in [6.45, 7) is 2.56. The number of urea groups is 1. The quantitative estimate of drug-likeness (QED) is 0.656. The van der Waals surface area contributed by atoms with E-state index < -0.39 is 0 Å². The average Bonchev–Trinajstić information content (AvgIpc) is 3.19. The highest BCUT2D eigenvalue weighted by Gasteiger charge is 2.23. The second kappa shape index (κ2) is 8.16. The molecule has 1 saturated heterocycles. The minimum Gasteiger partial charge on any atom is -0.345 e. The number of piperazine rings is 1. The van der Waals surface area contributed by atoms with Gasteiger partial charge in [0.2, 0.25) is 0 Å². The molecule has 5 nitrogen and oxygen atoms in total. The van der Waals surface area contributed by atoms with Crippen LogP contribution in [-0.4, -0.2) is 42.1 Å². The third-order valence-electron chi connectivity index (χ3n) is 4.55. The van der Waals surface area contributed by atoms with E-state index in [0.29, 0.717) is 36.9 Å². The Balaban J connectivity index is 1.35. The molecule has 0 atom stereocenters. The molecule has 0 radical (unpaired) electrons. The molecule has 0 aliphatic carbocycles. The molecule has 2 heterocycles. The first-order valence-corrected chi connectivity index (χ1v) is 10.1. The van der Waals surface area contributed by atoms with Gasteiger partial charge < -0.3 is 15.1 Å². The van der Waals surface area contributed by atoms with Crippen LogP contribution in [-0.2, 0) is 0 Å². The number of carbonyl (C=O) groups is 1. The topological polar surface area (TPSA) is 48.5 Å². The number of aromatic nitrogens is 1. The molecule has 28 heavy (non-hydrogen) atoms. The third kappa shape index (κ3) is 4.26. The number of benzene rings is 2. The number of nitrogens with one attached hydrogen (secondary N) is 1. The van der Waals surface area contributed by atoms with Crippen LogP contribution in [0.1, 0.15) is 0 Å². The van der Waals surface area contributed by atoms with Gasteiger partial charge in [0.05, 0.1) is 5.69 Å². The lowest BCUT2D eigenvalue weighted by Crippen LogP contribution is -2.50. The second-order valence-corrected chi connectivity index (χ2v) is 7.71. The molecule has 8 heteroatoms. The monoisotopic (exact) mass is 416 g/mol. The second-order valence-electron chi connectivity index (χ2n) is 6.44. The summed E-state index contributed by atoms with van der Waals surface area (Å²) in [5.41, 5.74) is 2.41. The number of hydrogen-bond donors (Lipinski definition) is 1. The number of anilines is 2. The van der Waals surface area contributed by atoms with Crippen LogP contribution < -0.4 is 10.2 Å². The molecule has 0 bridgehead atoms. The number of rotatable bonds is 3. The fourth-order valence-corrected chi connectivity index (χ4v) is 4.05. The molecular weight excluding hydrogens is 399 g/mol. The van der Waals surface area contributed by atoms with Crippen LogP contribution in [0.4, 0.5) is 20.0 Å². The Morgan fingerprint density at radius 2 is 1.86 bits per heavy atom. The van der Waals surface area contributed by atoms with E-state index in [1.807, 2.05) is 29.6 Å². The highest BCUT2D eigenvalue weighted by molar-refractivity contribution is 7.14. The first-order chi connectivity index (χ1) is 13.6. The third-order valence-corrected chi connectivity index (χ3v) is 5.70. The summed E-state index contributed by atoms with van der Waals surface area (Å²) in [4.78, 5) is 21.0. The fourth-order valence-electron chi connectivity index (χ4n) is 3.03. The number of hydrogen-bond acceptors (Lipinski definition) is 4. The van der Waals surface area contributed by atoms with Gasteiger partial charge in [-0.15, -0.1) is 11.3 Å². The molecule has 0 unspecified atom stereocenters. The van der Waals surface area contributed by atoms with Crippen molar-refractivity contribution in [2.24, 2.45) is 0 Å². The largest absolute Gasteiger partial charge is 0.345 e. The van der Waals surface area contributed by atoms with Gasteiger partial charge in [0.25, 0.3) is 0 Å². The van der Waals surface area contributed by atoms with Crippen LogP contribution in [0.25, 0.3) is 11.3 Å². The van der Waals surface area contributed by atoms with Crippen molar-refractivity contribution in [3.05, 3.63) is 64.8 Å². The Morgan fingerprint density at radius 3 is 2.57 bits per heavy atom. The summed E-state index contributed by atoms with van der Waals surface area (Å²) in [5, 5.41) is 6.41. The maximum Gasteiger partial charge on any atom is 0.321 e. The zero-order chi connectivity index (χ0) is 19.5. The molecule has 0 saturated carbocycles. The van der Waals surface area contributed by atoms with E-state index >= 15 is 0 Å². The Hall–Kier alpha value is -2.64. The molecule has 1 N–H and O–H groups in total. The Labute approximate surface area is 171 Å². The lowest BCUT2D eigenvalue weighted by atomic mass is 10.2. The normalized spacial score (nSPS) is 14.2. The van der Waals surface area contributed by atoms with Crippen molar-refractivity contribution in [2.45, 2.75) is 0 Å². The van der Waals surface area contributed by atoms with Gasteiger partial charge in [0.1, 0.15) is 5.82 Å². The van der Waals surface area contributed by atoms with Gasteiger partial charge in [-0.05, 0) is 30.3 Å². The number of carbonyl (C=O) groups excluding carboxylic acids is 1. The number of halogens is 2. The summed E-state index contributed by atoms with van der Waals surface area (Å²) in [6.07, 6.45) is 0. The lowest BCUT2D eigenvalue weighted by molar-refractivity contribution is 0.208. The minimum absolute atomic E-state index is 0.216. The molecule has 1 aromatic heterocycles. The van der Waals surface area contributed by atoms with Crippen molar-refractivity contribution in [3.63, 3.8) is 0 Å². The van der Waals surface area contributed by atoms with Crippen LogP contribution in [0.2, 0.25) is 5.02 Å². The standard InChI is InChI=1S/C20H18ClFN4OS/c21-15-6-4-14(5-7-15)18-13-28-20(24-18)26-10-8-25(9-11-26)19(27)23-17-3-1-2-16(22)12-17/h1-7,12-13H,8-11H2,(H,23,27). The van der Waals surface area contributed by atoms with E-state index in [2.05, 4.69) is 10.2 Å². The van der Waals surface area contributed by atoms with Crippen LogP contribution in [0.5, 0.6) is 0 Å². The van der Waals surface area contributed by atoms with E-state index in [1.165, 1.54) is 12.1 Å². The number of amides is 2. The molecule has 144 valence electrons. The van der Waals surface area contributed by atoms with Gasteiger partial charge in [-0.3, -0.25) is 0 Å². The van der Waals surface area contributed by atoms with E-state index in [9.17, 15) is 9.18 Å². The zero-order valence-corrected chi connectivity index (χ0v) is 16.5. The number of thiazole rings is 1. The highest BCUT2D eigenvalue weighted by Crippen LogP contribution is 2.29. The summed E-state index contributed by atoms with van der Waals surface area (Å²) in [6, 6.07) is 13.3. The van der Waals surface area contributed by atoms with Crippen molar-refractivity contribution in [2.75, 3.05) is 36.4 Å². The zero-order valence-electron chi connectivity index (χ0n) is 14.9. The predicted octanol–water partition coefficient (Wildman–Crippen LogP) is 4.96. The predicted molar refractivity (Wildman–Crippen MR) is 112 cm³/mol. The fraction of sp³-hybridized carbons (Fsp3) is 0.200. The van der Waals surface area contributed by atoms with E-state index in [4.69, 9.17) is 16.6 Å². The Kier molecular flexibility index (Phi) is 5.45. The van der Waals surface area contributed by atoms with Crippen molar-refractivity contribution >= 4 is 39.8 Å². The molecule has 2 amide bonds. The van der Waals surface area contributed by atoms with Crippen molar-refractivity contribution < 1.29 is 9.18 Å². The van der Waals surface area contributed by atoms with Crippen LogP contribution >= 0.6 is 22.9 Å². The molecule has 0 spiro atoms. The van der Waals surface area contributed by atoms with Gasteiger partial charge in [-0.1, -0.05) is 29.8 Å². The smallest absolute Gasteiger partial charge is 0.321 e. The summed E-state index contributed by atoms with van der Waals surface area (Å²) >= 11 is 7.53. The van der Waals surface area contributed by atoms with E-state index in [-0.39, 0.29) is 11.8 Å². The lowest BCUT2D eigenvalue weighted by Gasteiger charge is -2.34. The Bertz CT molecular complexity index is 970. The molecule has 4 rings (SSSR count). The van der Waals surface area contributed by atoms with Gasteiger partial charge in [0.15, 0.2) is 5.13 Å².